The first-order valence-electron chi connectivity index (χ1n) is 20.7. The lowest BCUT2D eigenvalue weighted by atomic mass is 9.58. The van der Waals surface area contributed by atoms with Gasteiger partial charge in [0.05, 0.1) is 13.2 Å². The molecule has 8 heterocycles. The molecule has 0 aromatic heterocycles. The van der Waals surface area contributed by atoms with Crippen molar-refractivity contribution < 1.29 is 48.0 Å². The van der Waals surface area contributed by atoms with Crippen LogP contribution in [0.4, 0.5) is 0 Å². The maximum absolute atomic E-state index is 6.53. The van der Waals surface area contributed by atoms with E-state index in [9.17, 15) is 0 Å². The van der Waals surface area contributed by atoms with Gasteiger partial charge >= 0.3 is 0 Å². The van der Waals surface area contributed by atoms with Crippen molar-refractivity contribution in [3.8, 4) is 23.7 Å². The zero-order valence-corrected chi connectivity index (χ0v) is 32.8. The van der Waals surface area contributed by atoms with Crippen LogP contribution in [0, 0.1) is 71.0 Å². The van der Waals surface area contributed by atoms with Gasteiger partial charge in [-0.05, 0) is 100 Å². The van der Waals surface area contributed by atoms with Gasteiger partial charge in [0.2, 0.25) is 11.6 Å². The Morgan fingerprint density at radius 3 is 1.43 bits per heavy atom. The van der Waals surface area contributed by atoms with E-state index in [-0.39, 0.29) is 36.3 Å². The van der Waals surface area contributed by atoms with Crippen molar-refractivity contribution in [1.29, 1.82) is 0 Å². The molecule has 0 N–H and O–H groups in total. The minimum absolute atomic E-state index is 0.152. The summed E-state index contributed by atoms with van der Waals surface area (Å²) >= 11 is 0. The molecular weight excluding hydrogens is 688 g/mol. The third kappa shape index (κ3) is 6.29. The van der Waals surface area contributed by atoms with Crippen LogP contribution in [-0.2, 0) is 48.0 Å². The first kappa shape index (κ1) is 37.5. The smallest absolute Gasteiger partial charge is 0.201 e. The molecule has 8 saturated heterocycles. The number of fused-ring (bicyclic) bond motifs is 4. The quantitative estimate of drug-likeness (QED) is 0.165. The second kappa shape index (κ2) is 14.4. The average molecular weight is 747 g/mol. The highest BCUT2D eigenvalue weighted by Crippen LogP contribution is 2.62. The van der Waals surface area contributed by atoms with Crippen molar-refractivity contribution in [3.05, 3.63) is 35.4 Å². The summed E-state index contributed by atoms with van der Waals surface area (Å²) in [6, 6.07) is 8.06. The predicted octanol–water partition coefficient (Wildman–Crippen LogP) is 7.62. The van der Waals surface area contributed by atoms with Gasteiger partial charge in [0.1, 0.15) is 0 Å². The summed E-state index contributed by atoms with van der Waals surface area (Å²) in [5.74, 6) is 14.1. The minimum Gasteiger partial charge on any atom is -0.351 e. The summed E-state index contributed by atoms with van der Waals surface area (Å²) in [5, 5.41) is 0. The van der Waals surface area contributed by atoms with Gasteiger partial charge in [0.25, 0.3) is 0 Å². The Morgan fingerprint density at radius 1 is 0.574 bits per heavy atom. The largest absolute Gasteiger partial charge is 0.351 e. The Morgan fingerprint density at radius 2 is 1.00 bits per heavy atom. The molecule has 1 aromatic rings. The molecule has 16 atom stereocenters. The van der Waals surface area contributed by atoms with Gasteiger partial charge in [-0.15, -0.1) is 0 Å². The topological polar surface area (TPSA) is 92.3 Å². The van der Waals surface area contributed by atoms with Crippen molar-refractivity contribution in [3.63, 3.8) is 0 Å². The molecule has 2 saturated carbocycles. The lowest BCUT2D eigenvalue weighted by Gasteiger charge is -2.60. The van der Waals surface area contributed by atoms with Gasteiger partial charge < -0.3 is 28.4 Å². The van der Waals surface area contributed by atoms with Crippen molar-refractivity contribution in [2.24, 2.45) is 47.3 Å². The molecule has 294 valence electrons. The second-order valence-electron chi connectivity index (χ2n) is 18.0. The molecule has 10 aliphatic rings. The van der Waals surface area contributed by atoms with Crippen molar-refractivity contribution >= 4 is 0 Å². The van der Waals surface area contributed by atoms with Crippen LogP contribution in [0.5, 0.6) is 0 Å². The summed E-state index contributed by atoms with van der Waals surface area (Å²) in [4.78, 5) is 24.4. The summed E-state index contributed by atoms with van der Waals surface area (Å²) in [6.45, 7) is 14.0. The third-order valence-corrected chi connectivity index (χ3v) is 14.6. The standard InChI is InChI=1S/C44H58O10/c1-27-13-19-35-29(3)37(47-39-43(35)33(27)21-23-41(5,49-39)51-53-43)45-25-9-7-11-31-15-17-32(18-16-31)12-8-10-26-46-38-30(4)36-20-14-28(2)34-22-24-42(6)50-40(48-38)44(34,36)54-52-42/h15-18,27-30,33-40H,9-10,13-14,19-26H2,1-6H3/t27-,28-,29-,30-,33+,34+,35+,36+,37+,38+,39-,40-,41-,42-,43-,44-/m1/s1. The zero-order chi connectivity index (χ0) is 37.3. The summed E-state index contributed by atoms with van der Waals surface area (Å²) < 4.78 is 38.6. The molecule has 1 aromatic carbocycles. The van der Waals surface area contributed by atoms with Crippen LogP contribution in [0.15, 0.2) is 24.3 Å². The molecule has 0 amide bonds. The van der Waals surface area contributed by atoms with E-state index < -0.39 is 35.4 Å². The first-order valence-corrected chi connectivity index (χ1v) is 20.7. The summed E-state index contributed by atoms with van der Waals surface area (Å²) in [7, 11) is 0. The van der Waals surface area contributed by atoms with E-state index in [1.165, 1.54) is 12.8 Å². The van der Waals surface area contributed by atoms with Crippen molar-refractivity contribution in [2.75, 3.05) is 13.2 Å². The van der Waals surface area contributed by atoms with E-state index >= 15 is 0 Å². The molecular formula is C44H58O10. The van der Waals surface area contributed by atoms with Gasteiger partial charge in [0.15, 0.2) is 36.4 Å². The maximum atomic E-state index is 6.53. The van der Waals surface area contributed by atoms with Crippen LogP contribution in [0.1, 0.15) is 117 Å². The normalized spacial score (nSPS) is 48.6. The van der Waals surface area contributed by atoms with Gasteiger partial charge in [-0.25, -0.2) is 19.6 Å². The van der Waals surface area contributed by atoms with Gasteiger partial charge in [-0.1, -0.05) is 51.4 Å². The van der Waals surface area contributed by atoms with Crippen LogP contribution in [0.3, 0.4) is 0 Å². The van der Waals surface area contributed by atoms with Crippen molar-refractivity contribution in [2.45, 2.75) is 154 Å². The zero-order valence-electron chi connectivity index (χ0n) is 32.8. The van der Waals surface area contributed by atoms with E-state index in [0.717, 1.165) is 49.7 Å². The van der Waals surface area contributed by atoms with Crippen LogP contribution in [0.25, 0.3) is 0 Å². The predicted molar refractivity (Wildman–Crippen MR) is 195 cm³/mol. The molecule has 0 unspecified atom stereocenters. The molecule has 4 bridgehead atoms. The lowest BCUT2D eigenvalue weighted by Crippen LogP contribution is -2.70. The Bertz CT molecular complexity index is 1540. The highest BCUT2D eigenvalue weighted by Gasteiger charge is 2.71. The van der Waals surface area contributed by atoms with Gasteiger partial charge in [0, 0.05) is 60.5 Å². The fraction of sp³-hybridized carbons (Fsp3) is 0.773. The van der Waals surface area contributed by atoms with Crippen molar-refractivity contribution in [1.82, 2.24) is 0 Å². The SMILES string of the molecule is C[C@H]1[C@@H](OCCC#Cc2ccc(C#CCCO[C@H]3O[C@@H]4O[C@@]5(C)CC[C@H]6[C@H](C)CC[C@@H]([C@H]3C)[C@@]46OO5)cc2)O[C@@H]2O[C@@]3(C)CC[C@H]4[C@H](C)CC[C@@H]1[C@@]24OO3. The molecule has 2 aliphatic carbocycles. The molecule has 10 fully saturated rings. The fourth-order valence-corrected chi connectivity index (χ4v) is 11.5. The van der Waals surface area contributed by atoms with Crippen LogP contribution in [-0.4, -0.2) is 61.2 Å². The van der Waals surface area contributed by atoms with E-state index in [2.05, 4.69) is 51.4 Å². The molecule has 11 rings (SSSR count). The van der Waals surface area contributed by atoms with Crippen LogP contribution < -0.4 is 0 Å². The molecule has 8 aliphatic heterocycles. The maximum Gasteiger partial charge on any atom is 0.201 e. The monoisotopic (exact) mass is 746 g/mol. The van der Waals surface area contributed by atoms with Crippen LogP contribution in [0.2, 0.25) is 0 Å². The average Bonchev–Trinajstić information content (AvgIpc) is 3.54. The highest BCUT2D eigenvalue weighted by molar-refractivity contribution is 5.41. The summed E-state index contributed by atoms with van der Waals surface area (Å²) in [5.41, 5.74) is 0.748. The minimum atomic E-state index is -0.786. The number of hydrogen-bond donors (Lipinski definition) is 0. The number of hydrogen-bond acceptors (Lipinski definition) is 10. The second-order valence-corrected chi connectivity index (χ2v) is 18.0. The Hall–Kier alpha value is -2.06. The first-order chi connectivity index (χ1) is 26.0. The number of benzene rings is 1. The third-order valence-electron chi connectivity index (χ3n) is 14.6. The molecule has 10 heteroatoms. The fourth-order valence-electron chi connectivity index (χ4n) is 11.5. The molecule has 2 spiro atoms. The van der Waals surface area contributed by atoms with Gasteiger partial charge in [-0.3, -0.25) is 0 Å². The number of rotatable bonds is 6. The molecule has 0 radical (unpaired) electrons. The number of ether oxygens (including phenoxy) is 6. The Balaban J connectivity index is 0.742. The van der Waals surface area contributed by atoms with E-state index in [1.54, 1.807) is 0 Å². The van der Waals surface area contributed by atoms with E-state index in [0.29, 0.717) is 49.7 Å². The Kier molecular flexibility index (Phi) is 10.0. The molecule has 54 heavy (non-hydrogen) atoms. The highest BCUT2D eigenvalue weighted by atomic mass is 17.3. The molecule has 10 nitrogen and oxygen atoms in total. The van der Waals surface area contributed by atoms with Crippen LogP contribution >= 0.6 is 0 Å². The van der Waals surface area contributed by atoms with E-state index in [1.807, 2.05) is 38.1 Å². The van der Waals surface area contributed by atoms with E-state index in [4.69, 9.17) is 48.0 Å². The summed E-state index contributed by atoms with van der Waals surface area (Å²) in [6.07, 6.45) is 7.55. The van der Waals surface area contributed by atoms with Gasteiger partial charge in [-0.2, -0.15) is 0 Å². The Labute approximate surface area is 320 Å². The lowest BCUT2D eigenvalue weighted by molar-refractivity contribution is -0.577.